The summed E-state index contributed by atoms with van der Waals surface area (Å²) in [6.07, 6.45) is 0. The summed E-state index contributed by atoms with van der Waals surface area (Å²) in [5, 5.41) is 7.20. The van der Waals surface area contributed by atoms with Crippen molar-refractivity contribution in [1.82, 2.24) is 9.78 Å². The van der Waals surface area contributed by atoms with Gasteiger partial charge in [-0.25, -0.2) is 0 Å². The van der Waals surface area contributed by atoms with Gasteiger partial charge >= 0.3 is 0 Å². The third-order valence-corrected chi connectivity index (χ3v) is 5.46. The number of benzene rings is 3. The first-order valence-corrected chi connectivity index (χ1v) is 10.8. The number of amides is 1. The van der Waals surface area contributed by atoms with E-state index in [1.807, 2.05) is 56.3 Å². The number of ether oxygens (including phenoxy) is 2. The van der Waals surface area contributed by atoms with Crippen LogP contribution < -0.4 is 20.3 Å². The summed E-state index contributed by atoms with van der Waals surface area (Å²) in [5.41, 5.74) is 4.65. The summed E-state index contributed by atoms with van der Waals surface area (Å²) in [4.78, 5) is 25.0. The van der Waals surface area contributed by atoms with Gasteiger partial charge in [0.1, 0.15) is 12.4 Å². The van der Waals surface area contributed by atoms with Gasteiger partial charge in [-0.1, -0.05) is 18.2 Å². The molecule has 0 bridgehead atoms. The van der Waals surface area contributed by atoms with Gasteiger partial charge in [0.25, 0.3) is 11.5 Å². The number of carbonyl (C=O) groups is 1. The van der Waals surface area contributed by atoms with Crippen molar-refractivity contribution in [1.29, 1.82) is 0 Å². The van der Waals surface area contributed by atoms with Crippen molar-refractivity contribution in [3.63, 3.8) is 0 Å². The Morgan fingerprint density at radius 3 is 2.32 bits per heavy atom. The molecule has 0 atom stereocenters. The quantitative estimate of drug-likeness (QED) is 0.437. The van der Waals surface area contributed by atoms with Gasteiger partial charge < -0.3 is 14.8 Å². The average Bonchev–Trinajstić information content (AvgIpc) is 2.86. The summed E-state index contributed by atoms with van der Waals surface area (Å²) in [7, 11) is 1.61. The SMILES string of the molecule is COc1ccc(COc2ccc(=O)n(-c3ccc(C(=O)Nc4ccc(C)c(C)c4)cc3)n2)cc1. The van der Waals surface area contributed by atoms with Crippen LogP contribution in [0.4, 0.5) is 5.69 Å². The Morgan fingerprint density at radius 1 is 0.912 bits per heavy atom. The first kappa shape index (κ1) is 22.8. The van der Waals surface area contributed by atoms with E-state index in [0.717, 1.165) is 28.1 Å². The van der Waals surface area contributed by atoms with Crippen molar-refractivity contribution in [3.8, 4) is 17.3 Å². The fourth-order valence-electron chi connectivity index (χ4n) is 3.31. The van der Waals surface area contributed by atoms with Crippen molar-refractivity contribution in [3.05, 3.63) is 111 Å². The lowest BCUT2D eigenvalue weighted by Gasteiger charge is -2.10. The normalized spacial score (nSPS) is 10.6. The first-order valence-electron chi connectivity index (χ1n) is 10.8. The average molecular weight is 456 g/mol. The number of aryl methyl sites for hydroxylation is 2. The van der Waals surface area contributed by atoms with Crippen molar-refractivity contribution in [2.75, 3.05) is 12.4 Å². The predicted molar refractivity (Wildman–Crippen MR) is 131 cm³/mol. The zero-order valence-electron chi connectivity index (χ0n) is 19.2. The summed E-state index contributed by atoms with van der Waals surface area (Å²) < 4.78 is 12.2. The number of hydrogen-bond acceptors (Lipinski definition) is 5. The van der Waals surface area contributed by atoms with Gasteiger partial charge in [0, 0.05) is 23.4 Å². The maximum Gasteiger partial charge on any atom is 0.271 e. The van der Waals surface area contributed by atoms with E-state index in [1.54, 1.807) is 31.4 Å². The topological polar surface area (TPSA) is 82.5 Å². The van der Waals surface area contributed by atoms with E-state index in [-0.39, 0.29) is 11.5 Å². The summed E-state index contributed by atoms with van der Waals surface area (Å²) in [5.74, 6) is 0.847. The highest BCUT2D eigenvalue weighted by Gasteiger charge is 2.09. The Balaban J connectivity index is 1.46. The van der Waals surface area contributed by atoms with Gasteiger partial charge in [-0.15, -0.1) is 5.10 Å². The van der Waals surface area contributed by atoms with Crippen LogP contribution in [-0.2, 0) is 6.61 Å². The molecule has 0 unspecified atom stereocenters. The van der Waals surface area contributed by atoms with Crippen molar-refractivity contribution in [2.45, 2.75) is 20.5 Å². The molecule has 172 valence electrons. The van der Waals surface area contributed by atoms with Gasteiger partial charge in [0.15, 0.2) is 0 Å². The second-order valence-corrected chi connectivity index (χ2v) is 7.86. The Morgan fingerprint density at radius 2 is 1.65 bits per heavy atom. The Bertz CT molecular complexity index is 1360. The molecule has 0 spiro atoms. The van der Waals surface area contributed by atoms with E-state index in [2.05, 4.69) is 10.4 Å². The molecule has 0 aliphatic carbocycles. The van der Waals surface area contributed by atoms with Gasteiger partial charge in [-0.3, -0.25) is 9.59 Å². The third kappa shape index (κ3) is 5.32. The van der Waals surface area contributed by atoms with E-state index in [0.29, 0.717) is 23.7 Å². The van der Waals surface area contributed by atoms with Crippen LogP contribution in [0.15, 0.2) is 83.7 Å². The second kappa shape index (κ2) is 10.0. The molecule has 1 N–H and O–H groups in total. The number of methoxy groups -OCH3 is 1. The number of rotatable bonds is 7. The first-order chi connectivity index (χ1) is 16.4. The minimum Gasteiger partial charge on any atom is -0.497 e. The van der Waals surface area contributed by atoms with Gasteiger partial charge in [-0.05, 0) is 79.1 Å². The highest BCUT2D eigenvalue weighted by molar-refractivity contribution is 6.04. The molecule has 0 aliphatic heterocycles. The van der Waals surface area contributed by atoms with E-state index < -0.39 is 0 Å². The van der Waals surface area contributed by atoms with Crippen LogP contribution in [0.25, 0.3) is 5.69 Å². The number of carbonyl (C=O) groups excluding carboxylic acids is 1. The molecule has 0 saturated carbocycles. The maximum absolute atomic E-state index is 12.6. The van der Waals surface area contributed by atoms with Gasteiger partial charge in [-0.2, -0.15) is 4.68 Å². The monoisotopic (exact) mass is 455 g/mol. The predicted octanol–water partition coefficient (Wildman–Crippen LogP) is 4.69. The molecule has 1 heterocycles. The standard InChI is InChI=1S/C27H25N3O4/c1-18-4-9-22(16-19(18)2)28-27(32)21-7-10-23(11-8-21)30-26(31)15-14-25(29-30)34-17-20-5-12-24(33-3)13-6-20/h4-16H,17H2,1-3H3,(H,28,32). The number of anilines is 1. The van der Waals surface area contributed by atoms with Crippen LogP contribution in [0.3, 0.4) is 0 Å². The Kier molecular flexibility index (Phi) is 6.73. The van der Waals surface area contributed by atoms with Crippen LogP contribution in [0.2, 0.25) is 0 Å². The van der Waals surface area contributed by atoms with E-state index >= 15 is 0 Å². The van der Waals surface area contributed by atoms with E-state index in [9.17, 15) is 9.59 Å². The Labute approximate surface area is 197 Å². The molecule has 0 fully saturated rings. The second-order valence-electron chi connectivity index (χ2n) is 7.86. The molecule has 0 radical (unpaired) electrons. The molecule has 7 nitrogen and oxygen atoms in total. The van der Waals surface area contributed by atoms with E-state index in [1.165, 1.54) is 16.8 Å². The fraction of sp³-hybridized carbons (Fsp3) is 0.148. The van der Waals surface area contributed by atoms with Gasteiger partial charge in [0.05, 0.1) is 12.8 Å². The van der Waals surface area contributed by atoms with Gasteiger partial charge in [0.2, 0.25) is 5.88 Å². The minimum atomic E-state index is -0.302. The molecule has 3 aromatic carbocycles. The smallest absolute Gasteiger partial charge is 0.271 e. The third-order valence-electron chi connectivity index (χ3n) is 5.46. The molecular formula is C27H25N3O4. The number of nitrogens with one attached hydrogen (secondary N) is 1. The van der Waals surface area contributed by atoms with Crippen LogP contribution in [0.5, 0.6) is 11.6 Å². The lowest BCUT2D eigenvalue weighted by molar-refractivity contribution is 0.102. The van der Waals surface area contributed by atoms with Crippen LogP contribution in [-0.4, -0.2) is 22.8 Å². The molecule has 4 rings (SSSR count). The molecule has 1 amide bonds. The molecule has 0 aliphatic rings. The largest absolute Gasteiger partial charge is 0.497 e. The highest BCUT2D eigenvalue weighted by atomic mass is 16.5. The lowest BCUT2D eigenvalue weighted by atomic mass is 10.1. The molecular weight excluding hydrogens is 430 g/mol. The van der Waals surface area contributed by atoms with Crippen LogP contribution in [0, 0.1) is 13.8 Å². The van der Waals surface area contributed by atoms with Crippen molar-refractivity contribution >= 4 is 11.6 Å². The highest BCUT2D eigenvalue weighted by Crippen LogP contribution is 2.17. The molecule has 0 saturated heterocycles. The molecule has 4 aromatic rings. The van der Waals surface area contributed by atoms with E-state index in [4.69, 9.17) is 9.47 Å². The summed E-state index contributed by atoms with van der Waals surface area (Å²) in [6.45, 7) is 4.32. The minimum absolute atomic E-state index is 0.230. The summed E-state index contributed by atoms with van der Waals surface area (Å²) in [6, 6.07) is 22.9. The summed E-state index contributed by atoms with van der Waals surface area (Å²) >= 11 is 0. The van der Waals surface area contributed by atoms with Crippen LogP contribution in [0.1, 0.15) is 27.0 Å². The van der Waals surface area contributed by atoms with Crippen LogP contribution >= 0.6 is 0 Å². The zero-order chi connectivity index (χ0) is 24.1. The number of aromatic nitrogens is 2. The lowest BCUT2D eigenvalue weighted by Crippen LogP contribution is -2.20. The number of hydrogen-bond donors (Lipinski definition) is 1. The zero-order valence-corrected chi connectivity index (χ0v) is 19.2. The molecule has 7 heteroatoms. The fourth-order valence-corrected chi connectivity index (χ4v) is 3.31. The maximum atomic E-state index is 12.6. The molecule has 1 aromatic heterocycles. The van der Waals surface area contributed by atoms with Crippen molar-refractivity contribution < 1.29 is 14.3 Å². The Hall–Kier alpha value is -4.39. The number of nitrogens with zero attached hydrogens (tertiary/aromatic N) is 2. The molecule has 34 heavy (non-hydrogen) atoms. The van der Waals surface area contributed by atoms with Crippen molar-refractivity contribution in [2.24, 2.45) is 0 Å².